The molecule has 4 heteroatoms. The van der Waals surface area contributed by atoms with Gasteiger partial charge in [-0.3, -0.25) is 14.8 Å². The molecule has 0 aromatic carbocycles. The number of rotatable bonds is 0. The number of H-pyrrole nitrogens is 1. The highest BCUT2D eigenvalue weighted by Gasteiger charge is 2.27. The zero-order chi connectivity index (χ0) is 18.9. The van der Waals surface area contributed by atoms with Crippen molar-refractivity contribution in [3.05, 3.63) is 59.2 Å². The van der Waals surface area contributed by atoms with Crippen molar-refractivity contribution in [1.29, 1.82) is 0 Å². The lowest BCUT2D eigenvalue weighted by molar-refractivity contribution is -0.408. The van der Waals surface area contributed by atoms with Crippen LogP contribution in [0.5, 0.6) is 0 Å². The van der Waals surface area contributed by atoms with Crippen LogP contribution in [0.1, 0.15) is 64.3 Å². The van der Waals surface area contributed by atoms with E-state index in [9.17, 15) is 0 Å². The Balaban J connectivity index is 2.04. The van der Waals surface area contributed by atoms with E-state index in [-0.39, 0.29) is 11.1 Å². The average molecular weight is 354 g/mol. The predicted molar refractivity (Wildman–Crippen MR) is 105 cm³/mol. The fourth-order valence-corrected chi connectivity index (χ4v) is 3.32. The summed E-state index contributed by atoms with van der Waals surface area (Å²) in [5.74, 6) is 0. The molecule has 140 valence electrons. The molecule has 0 saturated heterocycles. The minimum absolute atomic E-state index is 0.0725. The lowest BCUT2D eigenvalue weighted by atomic mass is 10.0. The van der Waals surface area contributed by atoms with Crippen molar-refractivity contribution in [1.82, 2.24) is 14.8 Å². The van der Waals surface area contributed by atoms with Gasteiger partial charge in [0.05, 0.1) is 24.5 Å². The molecule has 4 nitrogen and oxygen atoms in total. The van der Waals surface area contributed by atoms with Crippen LogP contribution in [0.2, 0.25) is 0 Å². The first kappa shape index (κ1) is 19.0. The van der Waals surface area contributed by atoms with Gasteiger partial charge in [-0.25, -0.2) is 4.98 Å². The molecule has 1 aliphatic rings. The molecule has 0 atom stereocenters. The summed E-state index contributed by atoms with van der Waals surface area (Å²) < 4.78 is 0. The SMILES string of the molecule is CC(C)(C)N1Cc2cccc(n2)CN(C(C)(C)C)Cc2cccc([nH+]2)C1. The number of aromatic amines is 1. The monoisotopic (exact) mass is 353 g/mol. The van der Waals surface area contributed by atoms with Gasteiger partial charge in [0.2, 0.25) is 0 Å². The standard InChI is InChI=1S/C22H32N4/c1-21(2,3)25-13-17-9-7-11-19(23-17)15-26(22(4,5)6)16-20-12-8-10-18(14-25)24-20/h7-12H,13-16H2,1-6H3/p+1. The number of nitrogens with zero attached hydrogens (tertiary/aromatic N) is 3. The first-order valence-corrected chi connectivity index (χ1v) is 9.56. The Kier molecular flexibility index (Phi) is 5.18. The second-order valence-electron chi connectivity index (χ2n) is 9.38. The van der Waals surface area contributed by atoms with Gasteiger partial charge in [-0.15, -0.1) is 0 Å². The molecule has 3 heterocycles. The Morgan fingerprint density at radius 3 is 1.54 bits per heavy atom. The maximum absolute atomic E-state index is 4.98. The lowest BCUT2D eigenvalue weighted by Gasteiger charge is -2.36. The molecule has 1 aliphatic heterocycles. The van der Waals surface area contributed by atoms with Crippen LogP contribution in [0.4, 0.5) is 0 Å². The molecule has 0 unspecified atom stereocenters. The molecule has 0 radical (unpaired) electrons. The van der Waals surface area contributed by atoms with Crippen molar-refractivity contribution in [3.63, 3.8) is 0 Å². The van der Waals surface area contributed by atoms with Crippen LogP contribution in [0.25, 0.3) is 0 Å². The molecular formula is C22H33N4+. The summed E-state index contributed by atoms with van der Waals surface area (Å²) in [4.78, 5) is 13.6. The van der Waals surface area contributed by atoms with Gasteiger partial charge in [0.1, 0.15) is 0 Å². The Hall–Kier alpha value is -1.78. The van der Waals surface area contributed by atoms with Gasteiger partial charge in [-0.1, -0.05) is 6.07 Å². The van der Waals surface area contributed by atoms with Crippen molar-refractivity contribution in [2.75, 3.05) is 0 Å². The molecule has 0 spiro atoms. The second-order valence-corrected chi connectivity index (χ2v) is 9.38. The van der Waals surface area contributed by atoms with E-state index in [1.54, 1.807) is 0 Å². The van der Waals surface area contributed by atoms with Crippen LogP contribution < -0.4 is 4.98 Å². The first-order chi connectivity index (χ1) is 12.1. The summed E-state index contributed by atoms with van der Waals surface area (Å²) in [6.07, 6.45) is 0. The van der Waals surface area contributed by atoms with E-state index in [2.05, 4.69) is 92.7 Å². The molecule has 4 bridgehead atoms. The highest BCUT2D eigenvalue weighted by atomic mass is 15.2. The van der Waals surface area contributed by atoms with Gasteiger partial charge in [-0.05, 0) is 59.7 Å². The fraction of sp³-hybridized carbons (Fsp3) is 0.545. The maximum atomic E-state index is 4.98. The molecular weight excluding hydrogens is 320 g/mol. The number of pyridine rings is 2. The molecule has 0 saturated carbocycles. The van der Waals surface area contributed by atoms with E-state index < -0.39 is 0 Å². The van der Waals surface area contributed by atoms with Crippen molar-refractivity contribution in [2.24, 2.45) is 0 Å². The Bertz CT molecular complexity index is 647. The topological polar surface area (TPSA) is 33.5 Å². The Morgan fingerprint density at radius 2 is 1.12 bits per heavy atom. The summed E-state index contributed by atoms with van der Waals surface area (Å²) >= 11 is 0. The van der Waals surface area contributed by atoms with Gasteiger partial charge in [0.15, 0.2) is 11.4 Å². The number of fused-ring (bicyclic) bond motifs is 4. The van der Waals surface area contributed by atoms with E-state index in [1.807, 2.05) is 0 Å². The molecule has 0 aliphatic carbocycles. The fourth-order valence-electron chi connectivity index (χ4n) is 3.32. The van der Waals surface area contributed by atoms with Crippen molar-refractivity contribution in [2.45, 2.75) is 78.8 Å². The van der Waals surface area contributed by atoms with Gasteiger partial charge in [0.25, 0.3) is 0 Å². The minimum atomic E-state index is 0.0725. The van der Waals surface area contributed by atoms with Crippen LogP contribution in [-0.2, 0) is 26.2 Å². The van der Waals surface area contributed by atoms with E-state index in [1.165, 1.54) is 11.4 Å². The molecule has 0 fully saturated rings. The molecule has 2 aromatic heterocycles. The Morgan fingerprint density at radius 1 is 0.692 bits per heavy atom. The maximum Gasteiger partial charge on any atom is 0.194 e. The largest absolute Gasteiger partial charge is 0.283 e. The van der Waals surface area contributed by atoms with Gasteiger partial charge in [-0.2, -0.15) is 0 Å². The van der Waals surface area contributed by atoms with Crippen LogP contribution in [0, 0.1) is 0 Å². The van der Waals surface area contributed by atoms with Crippen LogP contribution in [-0.4, -0.2) is 25.9 Å². The number of nitrogens with one attached hydrogen (secondary N) is 1. The highest BCUT2D eigenvalue weighted by molar-refractivity contribution is 5.13. The summed E-state index contributed by atoms with van der Waals surface area (Å²) in [6, 6.07) is 13.0. The molecule has 3 rings (SSSR count). The third-order valence-corrected chi connectivity index (χ3v) is 5.11. The van der Waals surface area contributed by atoms with Crippen molar-refractivity contribution in [3.8, 4) is 0 Å². The number of hydrogen-bond acceptors (Lipinski definition) is 3. The zero-order valence-corrected chi connectivity index (χ0v) is 17.1. The second kappa shape index (κ2) is 7.09. The number of hydrogen-bond donors (Lipinski definition) is 0. The normalized spacial score (nSPS) is 17.5. The van der Waals surface area contributed by atoms with Gasteiger partial charge >= 0.3 is 0 Å². The summed E-state index contributed by atoms with van der Waals surface area (Å²) in [7, 11) is 0. The third-order valence-electron chi connectivity index (χ3n) is 5.11. The first-order valence-electron chi connectivity index (χ1n) is 9.56. The van der Waals surface area contributed by atoms with Crippen molar-refractivity contribution < 1.29 is 4.98 Å². The van der Waals surface area contributed by atoms with E-state index >= 15 is 0 Å². The van der Waals surface area contributed by atoms with E-state index in [0.29, 0.717) is 0 Å². The number of aromatic nitrogens is 2. The molecule has 1 N–H and O–H groups in total. The predicted octanol–water partition coefficient (Wildman–Crippen LogP) is 3.81. The van der Waals surface area contributed by atoms with Gasteiger partial charge < -0.3 is 0 Å². The van der Waals surface area contributed by atoms with Crippen LogP contribution in [0.15, 0.2) is 36.4 Å². The molecule has 0 amide bonds. The van der Waals surface area contributed by atoms with E-state index in [4.69, 9.17) is 4.98 Å². The summed E-state index contributed by atoms with van der Waals surface area (Å²) in [6.45, 7) is 17.1. The lowest BCUT2D eigenvalue weighted by Crippen LogP contribution is -2.44. The molecule has 26 heavy (non-hydrogen) atoms. The third kappa shape index (κ3) is 4.68. The van der Waals surface area contributed by atoms with E-state index in [0.717, 1.165) is 37.6 Å². The van der Waals surface area contributed by atoms with Crippen LogP contribution in [0.3, 0.4) is 0 Å². The smallest absolute Gasteiger partial charge is 0.194 e. The Labute approximate surface area is 158 Å². The quantitative estimate of drug-likeness (QED) is 0.722. The van der Waals surface area contributed by atoms with Crippen LogP contribution >= 0.6 is 0 Å². The van der Waals surface area contributed by atoms with Crippen molar-refractivity contribution >= 4 is 0 Å². The average Bonchev–Trinajstić information content (AvgIpc) is 2.52. The van der Waals surface area contributed by atoms with Gasteiger partial charge in [0, 0.05) is 36.3 Å². The highest BCUT2D eigenvalue weighted by Crippen LogP contribution is 2.22. The summed E-state index contributed by atoms with van der Waals surface area (Å²) in [5, 5.41) is 0. The zero-order valence-electron chi connectivity index (χ0n) is 17.1. The summed E-state index contributed by atoms with van der Waals surface area (Å²) in [5.41, 5.74) is 4.93. The molecule has 2 aromatic rings. The minimum Gasteiger partial charge on any atom is -0.283 e.